The molecule has 0 bridgehead atoms. The van der Waals surface area contributed by atoms with E-state index in [1.807, 2.05) is 0 Å². The van der Waals surface area contributed by atoms with Crippen molar-refractivity contribution >= 4 is 17.7 Å². The predicted molar refractivity (Wildman–Crippen MR) is 71.9 cm³/mol. The van der Waals surface area contributed by atoms with Crippen LogP contribution in [0.2, 0.25) is 0 Å². The normalized spacial score (nSPS) is 14.3. The Hall–Kier alpha value is -1.43. The highest BCUT2D eigenvalue weighted by Crippen LogP contribution is 2.23. The highest BCUT2D eigenvalue weighted by molar-refractivity contribution is 5.91. The van der Waals surface area contributed by atoms with Crippen LogP contribution in [0.3, 0.4) is 0 Å². The number of methoxy groups -OCH3 is 1. The maximum Gasteiger partial charge on any atom is 0.305 e. The number of carbonyl (C=O) groups is 3. The van der Waals surface area contributed by atoms with Crippen LogP contribution >= 0.6 is 0 Å². The van der Waals surface area contributed by atoms with E-state index in [1.165, 1.54) is 14.0 Å². The van der Waals surface area contributed by atoms with Crippen molar-refractivity contribution in [2.24, 2.45) is 5.41 Å². The Morgan fingerprint density at radius 3 is 1.95 bits per heavy atom. The van der Waals surface area contributed by atoms with Crippen LogP contribution < -0.4 is 0 Å². The van der Waals surface area contributed by atoms with Gasteiger partial charge in [-0.1, -0.05) is 20.8 Å². The summed E-state index contributed by atoms with van der Waals surface area (Å²) in [6.07, 6.45) is 0.471. The minimum Gasteiger partial charge on any atom is -0.469 e. The van der Waals surface area contributed by atoms with Crippen molar-refractivity contribution in [3.63, 3.8) is 0 Å². The quantitative estimate of drug-likeness (QED) is 0.709. The van der Waals surface area contributed by atoms with E-state index >= 15 is 0 Å². The van der Waals surface area contributed by atoms with Crippen LogP contribution in [0.4, 0.5) is 0 Å². The molecule has 6 heteroatoms. The highest BCUT2D eigenvalue weighted by atomic mass is 16.5. The minimum atomic E-state index is -1.71. The molecule has 0 amide bonds. The minimum absolute atomic E-state index is 0.0366. The van der Waals surface area contributed by atoms with E-state index in [9.17, 15) is 19.5 Å². The zero-order valence-electron chi connectivity index (χ0n) is 12.8. The number of Topliss-reactive ketones (excluding diaryl/α,β-unsaturated/α-hetero) is 1. The molecule has 1 N–H and O–H groups in total. The fourth-order valence-electron chi connectivity index (χ4n) is 1.65. The molecule has 0 fully saturated rings. The second kappa shape index (κ2) is 7.38. The fourth-order valence-corrected chi connectivity index (χ4v) is 1.65. The number of esters is 2. The van der Waals surface area contributed by atoms with Crippen molar-refractivity contribution in [3.8, 4) is 0 Å². The van der Waals surface area contributed by atoms with Crippen LogP contribution in [0.1, 0.15) is 47.0 Å². The monoisotopic (exact) mass is 288 g/mol. The second-order valence-electron chi connectivity index (χ2n) is 5.94. The first kappa shape index (κ1) is 18.6. The molecule has 0 saturated carbocycles. The topological polar surface area (TPSA) is 89.9 Å². The molecular formula is C14H24O6. The first-order valence-electron chi connectivity index (χ1n) is 6.50. The standard InChI is InChI=1S/C14H24O6/c1-13(2,3)12(17)14(4,18)9-20-11(16)8-6-7-10(15)19-5/h18H,6-9H2,1-5H3. The number of ketones is 1. The molecule has 1 unspecified atom stereocenters. The third-order valence-electron chi connectivity index (χ3n) is 2.67. The van der Waals surface area contributed by atoms with Gasteiger partial charge in [0.25, 0.3) is 0 Å². The van der Waals surface area contributed by atoms with Gasteiger partial charge < -0.3 is 14.6 Å². The molecule has 0 spiro atoms. The van der Waals surface area contributed by atoms with E-state index in [1.54, 1.807) is 20.8 Å². The van der Waals surface area contributed by atoms with E-state index < -0.39 is 28.7 Å². The second-order valence-corrected chi connectivity index (χ2v) is 5.94. The van der Waals surface area contributed by atoms with Gasteiger partial charge in [0.15, 0.2) is 11.4 Å². The lowest BCUT2D eigenvalue weighted by molar-refractivity contribution is -0.160. The number of hydrogen-bond acceptors (Lipinski definition) is 6. The van der Waals surface area contributed by atoms with E-state index in [2.05, 4.69) is 4.74 Å². The summed E-state index contributed by atoms with van der Waals surface area (Å²) in [6.45, 7) is 5.98. The summed E-state index contributed by atoms with van der Waals surface area (Å²) in [5.74, 6) is -1.35. The molecule has 0 aliphatic carbocycles. The van der Waals surface area contributed by atoms with Gasteiger partial charge in [0.2, 0.25) is 0 Å². The first-order valence-corrected chi connectivity index (χ1v) is 6.50. The van der Waals surface area contributed by atoms with Crippen molar-refractivity contribution < 1.29 is 29.0 Å². The molecular weight excluding hydrogens is 264 g/mol. The molecule has 1 atom stereocenters. The Labute approximate surface area is 119 Å². The lowest BCUT2D eigenvalue weighted by atomic mass is 9.81. The van der Waals surface area contributed by atoms with Crippen molar-refractivity contribution in [1.29, 1.82) is 0 Å². The number of hydrogen-bond donors (Lipinski definition) is 1. The highest BCUT2D eigenvalue weighted by Gasteiger charge is 2.39. The van der Waals surface area contributed by atoms with Crippen LogP contribution in [0, 0.1) is 5.41 Å². The third-order valence-corrected chi connectivity index (χ3v) is 2.67. The number of carbonyl (C=O) groups excluding carboxylic acids is 3. The van der Waals surface area contributed by atoms with Crippen molar-refractivity contribution in [1.82, 2.24) is 0 Å². The van der Waals surface area contributed by atoms with Gasteiger partial charge in [-0.05, 0) is 13.3 Å². The van der Waals surface area contributed by atoms with Gasteiger partial charge in [0.1, 0.15) is 6.61 Å². The molecule has 0 aromatic rings. The van der Waals surface area contributed by atoms with Gasteiger partial charge in [0, 0.05) is 18.3 Å². The fraction of sp³-hybridized carbons (Fsp3) is 0.786. The van der Waals surface area contributed by atoms with E-state index in [4.69, 9.17) is 4.74 Å². The maximum atomic E-state index is 11.9. The molecule has 6 nitrogen and oxygen atoms in total. The van der Waals surface area contributed by atoms with Gasteiger partial charge in [-0.2, -0.15) is 0 Å². The third kappa shape index (κ3) is 6.65. The SMILES string of the molecule is COC(=O)CCCC(=O)OCC(C)(O)C(=O)C(C)(C)C. The summed E-state index contributed by atoms with van der Waals surface area (Å²) < 4.78 is 9.32. The number of ether oxygens (including phenoxy) is 2. The van der Waals surface area contributed by atoms with Gasteiger partial charge in [-0.15, -0.1) is 0 Å². The van der Waals surface area contributed by atoms with Crippen LogP contribution in [-0.2, 0) is 23.9 Å². The zero-order chi connectivity index (χ0) is 16.0. The summed E-state index contributed by atoms with van der Waals surface area (Å²) in [4.78, 5) is 34.2. The molecule has 0 heterocycles. The summed E-state index contributed by atoms with van der Waals surface area (Å²) >= 11 is 0. The van der Waals surface area contributed by atoms with Crippen LogP contribution in [0.15, 0.2) is 0 Å². The van der Waals surface area contributed by atoms with Gasteiger partial charge in [0.05, 0.1) is 7.11 Å². The summed E-state index contributed by atoms with van der Waals surface area (Å²) in [5, 5.41) is 10.0. The van der Waals surface area contributed by atoms with Crippen LogP contribution in [-0.4, -0.2) is 42.1 Å². The Morgan fingerprint density at radius 2 is 1.50 bits per heavy atom. The smallest absolute Gasteiger partial charge is 0.305 e. The maximum absolute atomic E-state index is 11.9. The molecule has 0 aliphatic rings. The molecule has 20 heavy (non-hydrogen) atoms. The molecule has 116 valence electrons. The van der Waals surface area contributed by atoms with E-state index in [0.717, 1.165) is 0 Å². The van der Waals surface area contributed by atoms with E-state index in [0.29, 0.717) is 6.42 Å². The molecule has 0 aromatic carbocycles. The lowest BCUT2D eigenvalue weighted by Crippen LogP contribution is -2.46. The Balaban J connectivity index is 4.17. The molecule has 0 aromatic heterocycles. The lowest BCUT2D eigenvalue weighted by Gasteiger charge is -2.28. The van der Waals surface area contributed by atoms with Gasteiger partial charge in [-0.3, -0.25) is 14.4 Å². The van der Waals surface area contributed by atoms with Crippen LogP contribution in [0.5, 0.6) is 0 Å². The van der Waals surface area contributed by atoms with Crippen molar-refractivity contribution in [2.45, 2.75) is 52.6 Å². The largest absolute Gasteiger partial charge is 0.469 e. The Morgan fingerprint density at radius 1 is 1.00 bits per heavy atom. The Bertz CT molecular complexity index is 364. The molecule has 0 aliphatic heterocycles. The summed E-state index contributed by atoms with van der Waals surface area (Å²) in [5.41, 5.74) is -2.43. The summed E-state index contributed by atoms with van der Waals surface area (Å²) in [7, 11) is 1.27. The number of aliphatic hydroxyl groups is 1. The van der Waals surface area contributed by atoms with E-state index in [-0.39, 0.29) is 19.4 Å². The van der Waals surface area contributed by atoms with Crippen LogP contribution in [0.25, 0.3) is 0 Å². The predicted octanol–water partition coefficient (Wildman–Crippen LogP) is 1.24. The molecule has 0 radical (unpaired) electrons. The average Bonchev–Trinajstić information content (AvgIpc) is 2.34. The number of rotatable bonds is 7. The molecule has 0 rings (SSSR count). The molecule has 0 saturated heterocycles. The average molecular weight is 288 g/mol. The van der Waals surface area contributed by atoms with Gasteiger partial charge >= 0.3 is 11.9 Å². The van der Waals surface area contributed by atoms with Gasteiger partial charge in [-0.25, -0.2) is 0 Å². The van der Waals surface area contributed by atoms with Crippen molar-refractivity contribution in [3.05, 3.63) is 0 Å². The van der Waals surface area contributed by atoms with Crippen molar-refractivity contribution in [2.75, 3.05) is 13.7 Å². The zero-order valence-corrected chi connectivity index (χ0v) is 12.8. The summed E-state index contributed by atoms with van der Waals surface area (Å²) in [6, 6.07) is 0. The first-order chi connectivity index (χ1) is 9.00. The Kier molecular flexibility index (Phi) is 6.85.